The molecule has 13 heavy (non-hydrogen) atoms. The third-order valence-corrected chi connectivity index (χ3v) is 2.32. The quantitative estimate of drug-likeness (QED) is 0.408. The molecule has 0 amide bonds. The molecule has 1 aliphatic carbocycles. The second-order valence-electron chi connectivity index (χ2n) is 3.23. The Balaban J connectivity index is 2.18. The van der Waals surface area contributed by atoms with E-state index in [-0.39, 0.29) is 5.78 Å². The van der Waals surface area contributed by atoms with Gasteiger partial charge in [0.05, 0.1) is 13.1 Å². The van der Waals surface area contributed by atoms with Crippen LogP contribution in [0.15, 0.2) is 24.3 Å². The summed E-state index contributed by atoms with van der Waals surface area (Å²) in [6.45, 7) is 4.11. The summed E-state index contributed by atoms with van der Waals surface area (Å²) < 4.78 is 2.29. The summed E-state index contributed by atoms with van der Waals surface area (Å²) in [5.74, 6) is 0.0823. The largest absolute Gasteiger partial charge is 0.305 e. The molecule has 0 aromatic rings. The van der Waals surface area contributed by atoms with Crippen molar-refractivity contribution in [3.8, 4) is 0 Å². The molecule has 0 unspecified atom stereocenters. The Morgan fingerprint density at radius 3 is 2.31 bits per heavy atom. The number of allylic oxidation sites excluding steroid dienone is 4. The van der Waals surface area contributed by atoms with Gasteiger partial charge in [-0.05, 0) is 12.2 Å². The number of carbonyl (C=O) groups excluding carboxylic acids is 1. The molecule has 0 aromatic heterocycles. The van der Waals surface area contributed by atoms with Crippen molar-refractivity contribution in [1.29, 1.82) is 0 Å². The van der Waals surface area contributed by atoms with Gasteiger partial charge in [-0.15, -0.1) is 0 Å². The lowest BCUT2D eigenvalue weighted by Gasteiger charge is -2.13. The molecule has 2 rings (SSSR count). The van der Waals surface area contributed by atoms with E-state index in [9.17, 15) is 4.79 Å². The van der Waals surface area contributed by atoms with Crippen LogP contribution in [0.3, 0.4) is 0 Å². The topological polar surface area (TPSA) is 32.1 Å². The fraction of sp³-hybridized carbons (Fsp3) is 0.400. The van der Waals surface area contributed by atoms with Gasteiger partial charge in [0.15, 0.2) is 24.6 Å². The van der Waals surface area contributed by atoms with Gasteiger partial charge in [-0.3, -0.25) is 4.79 Å². The van der Waals surface area contributed by atoms with Crippen molar-refractivity contribution in [1.82, 2.24) is 5.32 Å². The van der Waals surface area contributed by atoms with Crippen molar-refractivity contribution >= 4 is 11.5 Å². The summed E-state index contributed by atoms with van der Waals surface area (Å²) in [7, 11) is 0. The van der Waals surface area contributed by atoms with E-state index in [0.717, 1.165) is 31.9 Å². The second-order valence-corrected chi connectivity index (χ2v) is 3.23. The Labute approximate surface area is 77.4 Å². The highest BCUT2D eigenvalue weighted by Gasteiger charge is 2.15. The summed E-state index contributed by atoms with van der Waals surface area (Å²) in [4.78, 5) is 10.9. The molecule has 0 aromatic carbocycles. The first-order valence-corrected chi connectivity index (χ1v) is 4.59. The molecule has 2 aliphatic rings. The standard InChI is InChI=1S/C10H13N2O/c13-10-3-1-9(2-4-10)12-7-5-11-6-8-12/h1-4,11H,5-8H2/q+1. The monoisotopic (exact) mass is 177 g/mol. The lowest BCUT2D eigenvalue weighted by atomic mass is 10.1. The number of hydrogen-bond donors (Lipinski definition) is 1. The van der Waals surface area contributed by atoms with Gasteiger partial charge in [-0.25, -0.2) is 4.58 Å². The highest BCUT2D eigenvalue weighted by molar-refractivity contribution is 6.14. The predicted molar refractivity (Wildman–Crippen MR) is 51.2 cm³/mol. The first kappa shape index (κ1) is 8.38. The molecule has 1 N–H and O–H groups in total. The zero-order chi connectivity index (χ0) is 9.10. The van der Waals surface area contributed by atoms with E-state index in [4.69, 9.17) is 0 Å². The van der Waals surface area contributed by atoms with Gasteiger partial charge in [0, 0.05) is 12.2 Å². The van der Waals surface area contributed by atoms with Crippen LogP contribution in [-0.2, 0) is 4.79 Å². The molecular formula is C10H13N2O+. The molecule has 1 saturated heterocycles. The summed E-state index contributed by atoms with van der Waals surface area (Å²) in [5, 5.41) is 3.29. The van der Waals surface area contributed by atoms with Crippen LogP contribution in [0, 0.1) is 0 Å². The minimum absolute atomic E-state index is 0.0823. The molecule has 68 valence electrons. The summed E-state index contributed by atoms with van der Waals surface area (Å²) >= 11 is 0. The minimum atomic E-state index is 0.0823. The minimum Gasteiger partial charge on any atom is -0.305 e. The van der Waals surface area contributed by atoms with E-state index in [1.165, 1.54) is 0 Å². The van der Waals surface area contributed by atoms with E-state index in [1.54, 1.807) is 12.2 Å². The van der Waals surface area contributed by atoms with Gasteiger partial charge in [-0.2, -0.15) is 0 Å². The fourth-order valence-electron chi connectivity index (χ4n) is 1.58. The summed E-state index contributed by atoms with van der Waals surface area (Å²) in [6.07, 6.45) is 7.04. The summed E-state index contributed by atoms with van der Waals surface area (Å²) in [5.41, 5.74) is 1.15. The molecule has 0 bridgehead atoms. The smallest absolute Gasteiger partial charge is 0.200 e. The SMILES string of the molecule is O=C1C=CC(=[N+]2CCNCC2)C=C1. The van der Waals surface area contributed by atoms with Crippen molar-refractivity contribution in [2.75, 3.05) is 26.2 Å². The van der Waals surface area contributed by atoms with Gasteiger partial charge >= 0.3 is 0 Å². The van der Waals surface area contributed by atoms with Gasteiger partial charge in [-0.1, -0.05) is 0 Å². The molecule has 1 fully saturated rings. The number of hydrogen-bond acceptors (Lipinski definition) is 2. The van der Waals surface area contributed by atoms with Crippen molar-refractivity contribution in [2.45, 2.75) is 0 Å². The second kappa shape index (κ2) is 3.66. The zero-order valence-corrected chi connectivity index (χ0v) is 7.49. The van der Waals surface area contributed by atoms with E-state index in [2.05, 4.69) is 9.89 Å². The van der Waals surface area contributed by atoms with Crippen LogP contribution in [-0.4, -0.2) is 42.2 Å². The van der Waals surface area contributed by atoms with E-state index in [0.29, 0.717) is 0 Å². The lowest BCUT2D eigenvalue weighted by Crippen LogP contribution is -2.40. The average molecular weight is 177 g/mol. The van der Waals surface area contributed by atoms with Crippen LogP contribution >= 0.6 is 0 Å². The van der Waals surface area contributed by atoms with Crippen LogP contribution in [0.25, 0.3) is 0 Å². The lowest BCUT2D eigenvalue weighted by molar-refractivity contribution is -0.530. The first-order valence-electron chi connectivity index (χ1n) is 4.59. The molecular weight excluding hydrogens is 164 g/mol. The molecule has 3 nitrogen and oxygen atoms in total. The van der Waals surface area contributed by atoms with Gasteiger partial charge in [0.1, 0.15) is 0 Å². The fourth-order valence-corrected chi connectivity index (χ4v) is 1.58. The van der Waals surface area contributed by atoms with Crippen molar-refractivity contribution in [3.05, 3.63) is 24.3 Å². The number of rotatable bonds is 0. The van der Waals surface area contributed by atoms with Gasteiger partial charge < -0.3 is 5.32 Å². The Bertz CT molecular complexity index is 287. The number of nitrogens with zero attached hydrogens (tertiary/aromatic N) is 1. The van der Waals surface area contributed by atoms with E-state index >= 15 is 0 Å². The molecule has 3 heteroatoms. The Morgan fingerprint density at radius 1 is 1.08 bits per heavy atom. The van der Waals surface area contributed by atoms with Crippen LogP contribution in [0.2, 0.25) is 0 Å². The molecule has 0 saturated carbocycles. The normalized spacial score (nSPS) is 22.6. The summed E-state index contributed by atoms with van der Waals surface area (Å²) in [6, 6.07) is 0. The molecule has 0 radical (unpaired) electrons. The highest BCUT2D eigenvalue weighted by atomic mass is 16.1. The molecule has 1 heterocycles. The first-order chi connectivity index (χ1) is 6.36. The van der Waals surface area contributed by atoms with Gasteiger partial charge in [0.25, 0.3) is 0 Å². The van der Waals surface area contributed by atoms with Gasteiger partial charge in [0.2, 0.25) is 0 Å². The third kappa shape index (κ3) is 1.92. The zero-order valence-electron chi connectivity index (χ0n) is 7.49. The highest BCUT2D eigenvalue weighted by Crippen LogP contribution is 1.97. The number of ketones is 1. The maximum atomic E-state index is 10.9. The van der Waals surface area contributed by atoms with E-state index in [1.807, 2.05) is 12.2 Å². The van der Waals surface area contributed by atoms with Crippen LogP contribution in [0.5, 0.6) is 0 Å². The van der Waals surface area contributed by atoms with Crippen molar-refractivity contribution in [3.63, 3.8) is 0 Å². The molecule has 1 aliphatic heterocycles. The number of nitrogens with one attached hydrogen (secondary N) is 1. The van der Waals surface area contributed by atoms with Crippen molar-refractivity contribution in [2.24, 2.45) is 0 Å². The van der Waals surface area contributed by atoms with Crippen LogP contribution in [0.1, 0.15) is 0 Å². The third-order valence-electron chi connectivity index (χ3n) is 2.32. The Kier molecular flexibility index (Phi) is 2.36. The maximum Gasteiger partial charge on any atom is 0.200 e. The van der Waals surface area contributed by atoms with Crippen LogP contribution in [0.4, 0.5) is 0 Å². The molecule has 0 spiro atoms. The number of carbonyl (C=O) groups is 1. The Hall–Kier alpha value is -1.22. The average Bonchev–Trinajstić information content (AvgIpc) is 2.20. The van der Waals surface area contributed by atoms with Crippen molar-refractivity contribution < 1.29 is 9.37 Å². The number of piperazine rings is 1. The van der Waals surface area contributed by atoms with E-state index < -0.39 is 0 Å². The molecule has 0 atom stereocenters. The Morgan fingerprint density at radius 2 is 1.69 bits per heavy atom. The predicted octanol–water partition coefficient (Wildman–Crippen LogP) is -0.262. The van der Waals surface area contributed by atoms with Crippen LogP contribution < -0.4 is 5.32 Å². The maximum absolute atomic E-state index is 10.9.